The van der Waals surface area contributed by atoms with Gasteiger partial charge in [0, 0.05) is 21.0 Å². The van der Waals surface area contributed by atoms with Crippen LogP contribution in [0.3, 0.4) is 0 Å². The normalized spacial score (nSPS) is 12.0. The fourth-order valence-electron chi connectivity index (χ4n) is 2.61. The fraction of sp³-hybridized carbons (Fsp3) is 0.350. The summed E-state index contributed by atoms with van der Waals surface area (Å²) in [7, 11) is 0.344. The van der Waals surface area contributed by atoms with Crippen molar-refractivity contribution >= 4 is 38.8 Å². The van der Waals surface area contributed by atoms with Crippen LogP contribution in [0.2, 0.25) is 0 Å². The van der Waals surface area contributed by atoms with Crippen molar-refractivity contribution in [3.05, 3.63) is 59.2 Å². The van der Waals surface area contributed by atoms with Crippen molar-refractivity contribution in [2.45, 2.75) is 40.2 Å². The van der Waals surface area contributed by atoms with Gasteiger partial charge in [0.2, 0.25) is 5.78 Å². The quantitative estimate of drug-likeness (QED) is 0.410. The SMILES string of the molecule is CCOPc1ccc(OC(CC)C(=O)c2c(C)cccc2C)cc1.[LiH]. The molecule has 0 heterocycles. The van der Waals surface area contributed by atoms with Gasteiger partial charge in [0.1, 0.15) is 5.75 Å². The second-order valence-electron chi connectivity index (χ2n) is 5.71. The molecule has 0 aliphatic rings. The van der Waals surface area contributed by atoms with Gasteiger partial charge in [0.05, 0.1) is 0 Å². The van der Waals surface area contributed by atoms with Gasteiger partial charge in [-0.1, -0.05) is 25.1 Å². The van der Waals surface area contributed by atoms with Gasteiger partial charge in [-0.25, -0.2) is 0 Å². The van der Waals surface area contributed by atoms with Crippen molar-refractivity contribution in [3.8, 4) is 5.75 Å². The first-order chi connectivity index (χ1) is 11.6. The van der Waals surface area contributed by atoms with E-state index in [1.54, 1.807) is 0 Å². The summed E-state index contributed by atoms with van der Waals surface area (Å²) in [6.07, 6.45) is 0.166. The molecule has 0 radical (unpaired) electrons. The summed E-state index contributed by atoms with van der Waals surface area (Å²) in [6, 6.07) is 13.7. The zero-order valence-corrected chi connectivity index (χ0v) is 15.8. The number of ketones is 1. The number of hydrogen-bond donors (Lipinski definition) is 0. The molecule has 0 bridgehead atoms. The minimum atomic E-state index is -0.468. The van der Waals surface area contributed by atoms with Crippen molar-refractivity contribution in [2.75, 3.05) is 6.61 Å². The van der Waals surface area contributed by atoms with E-state index in [4.69, 9.17) is 9.26 Å². The summed E-state index contributed by atoms with van der Waals surface area (Å²) in [6.45, 7) is 8.60. The molecule has 2 atom stereocenters. The maximum absolute atomic E-state index is 12.9. The minimum absolute atomic E-state index is 0. The molecule has 0 saturated carbocycles. The molecule has 3 nitrogen and oxygen atoms in total. The Morgan fingerprint density at radius 2 is 1.64 bits per heavy atom. The second-order valence-corrected chi connectivity index (χ2v) is 6.78. The number of carbonyl (C=O) groups excluding carboxylic acids is 1. The van der Waals surface area contributed by atoms with E-state index in [0.717, 1.165) is 22.0 Å². The van der Waals surface area contributed by atoms with Gasteiger partial charge in [-0.15, -0.1) is 0 Å². The predicted molar refractivity (Wildman–Crippen MR) is 108 cm³/mol. The molecule has 0 aromatic heterocycles. The molecule has 25 heavy (non-hydrogen) atoms. The first-order valence-corrected chi connectivity index (χ1v) is 9.22. The second kappa shape index (κ2) is 10.8. The van der Waals surface area contributed by atoms with E-state index in [-0.39, 0.29) is 24.6 Å². The Balaban J connectivity index is 0.00000312. The van der Waals surface area contributed by atoms with Gasteiger partial charge in [-0.05, 0) is 67.9 Å². The standard InChI is InChI=1S/C20H25O3P.Li.H/c1-5-18(20(21)19-14(3)8-7-9-15(19)4)23-16-10-12-17(13-11-16)24-22-6-2;;/h7-13,18,24H,5-6H2,1-4H3;;. The van der Waals surface area contributed by atoms with Crippen molar-refractivity contribution in [1.82, 2.24) is 0 Å². The van der Waals surface area contributed by atoms with Crippen molar-refractivity contribution in [2.24, 2.45) is 0 Å². The van der Waals surface area contributed by atoms with Crippen LogP contribution in [0, 0.1) is 13.8 Å². The summed E-state index contributed by atoms with van der Waals surface area (Å²) in [4.78, 5) is 12.9. The molecule has 2 aromatic rings. The molecule has 130 valence electrons. The first kappa shape index (κ1) is 21.9. The van der Waals surface area contributed by atoms with Crippen LogP contribution in [-0.4, -0.2) is 37.4 Å². The number of rotatable bonds is 8. The summed E-state index contributed by atoms with van der Waals surface area (Å²) in [5.41, 5.74) is 2.77. The molecular weight excluding hydrogens is 326 g/mol. The average molecular weight is 352 g/mol. The van der Waals surface area contributed by atoms with Crippen LogP contribution in [0.25, 0.3) is 0 Å². The fourth-order valence-corrected chi connectivity index (χ4v) is 3.22. The Kier molecular flexibility index (Phi) is 9.47. The number of aryl methyl sites for hydroxylation is 2. The van der Waals surface area contributed by atoms with Gasteiger partial charge >= 0.3 is 18.9 Å². The molecule has 0 aliphatic heterocycles. The number of Topliss-reactive ketones (excluding diaryl/α,β-unsaturated/α-hetero) is 1. The van der Waals surface area contributed by atoms with Crippen LogP contribution in [-0.2, 0) is 4.52 Å². The molecule has 0 amide bonds. The number of benzene rings is 2. The first-order valence-electron chi connectivity index (χ1n) is 8.31. The molecule has 2 unspecified atom stereocenters. The van der Waals surface area contributed by atoms with E-state index in [9.17, 15) is 4.79 Å². The Labute approximate surface area is 164 Å². The summed E-state index contributed by atoms with van der Waals surface area (Å²) in [5, 5.41) is 1.12. The van der Waals surface area contributed by atoms with Crippen LogP contribution < -0.4 is 10.0 Å². The van der Waals surface area contributed by atoms with E-state index in [1.807, 2.05) is 70.2 Å². The van der Waals surface area contributed by atoms with Crippen LogP contribution in [0.4, 0.5) is 0 Å². The third-order valence-corrected chi connectivity index (χ3v) is 4.86. The third-order valence-electron chi connectivity index (χ3n) is 3.86. The van der Waals surface area contributed by atoms with Gasteiger partial charge in [-0.2, -0.15) is 0 Å². The molecule has 0 fully saturated rings. The van der Waals surface area contributed by atoms with Crippen molar-refractivity contribution in [3.63, 3.8) is 0 Å². The van der Waals surface area contributed by atoms with Crippen LogP contribution in [0.1, 0.15) is 41.8 Å². The van der Waals surface area contributed by atoms with E-state index in [0.29, 0.717) is 27.6 Å². The molecular formula is C20H26LiO3P. The Morgan fingerprint density at radius 1 is 1.04 bits per heavy atom. The van der Waals surface area contributed by atoms with Crippen molar-refractivity contribution in [1.29, 1.82) is 0 Å². The third kappa shape index (κ3) is 5.98. The zero-order valence-electron chi connectivity index (χ0n) is 14.8. The van der Waals surface area contributed by atoms with E-state index < -0.39 is 6.10 Å². The van der Waals surface area contributed by atoms with Gasteiger partial charge in [0.25, 0.3) is 0 Å². The van der Waals surface area contributed by atoms with E-state index in [1.165, 1.54) is 0 Å². The Bertz CT molecular complexity index is 666. The molecule has 0 N–H and O–H groups in total. The molecule has 2 aromatic carbocycles. The Morgan fingerprint density at radius 3 is 2.16 bits per heavy atom. The molecule has 0 saturated heterocycles. The monoisotopic (exact) mass is 352 g/mol. The van der Waals surface area contributed by atoms with E-state index >= 15 is 0 Å². The Hall–Kier alpha value is -1.10. The summed E-state index contributed by atoms with van der Waals surface area (Å²) >= 11 is 0. The zero-order chi connectivity index (χ0) is 17.5. The number of ether oxygens (including phenoxy) is 1. The van der Waals surface area contributed by atoms with Crippen molar-refractivity contribution < 1.29 is 14.1 Å². The number of carbonyl (C=O) groups is 1. The van der Waals surface area contributed by atoms with Gasteiger partial charge in [-0.3, -0.25) is 4.79 Å². The van der Waals surface area contributed by atoms with Gasteiger partial charge in [0.15, 0.2) is 6.10 Å². The summed E-state index contributed by atoms with van der Waals surface area (Å²) < 4.78 is 11.4. The topological polar surface area (TPSA) is 35.5 Å². The van der Waals surface area contributed by atoms with Crippen LogP contribution in [0.5, 0.6) is 5.75 Å². The predicted octanol–water partition coefficient (Wildman–Crippen LogP) is 3.95. The molecule has 2 rings (SSSR count). The molecule has 5 heteroatoms. The van der Waals surface area contributed by atoms with Crippen LogP contribution >= 0.6 is 8.81 Å². The van der Waals surface area contributed by atoms with Crippen LogP contribution in [0.15, 0.2) is 42.5 Å². The maximum atomic E-state index is 12.9. The summed E-state index contributed by atoms with van der Waals surface area (Å²) in [5.74, 6) is 0.764. The van der Waals surface area contributed by atoms with Gasteiger partial charge < -0.3 is 9.26 Å². The molecule has 0 spiro atoms. The average Bonchev–Trinajstić information content (AvgIpc) is 2.58. The van der Waals surface area contributed by atoms with E-state index in [2.05, 4.69) is 0 Å². The number of hydrogen-bond acceptors (Lipinski definition) is 3. The molecule has 0 aliphatic carbocycles.